The molecule has 0 bridgehead atoms. The largest absolute Gasteiger partial charge is 0.476 e. The van der Waals surface area contributed by atoms with Gasteiger partial charge in [0.25, 0.3) is 0 Å². The molecule has 1 aliphatic rings. The molecule has 1 aromatic heterocycles. The van der Waals surface area contributed by atoms with Gasteiger partial charge < -0.3 is 14.5 Å². The standard InChI is InChI=1S/C14H13ClF2N2O2/c15-11-9(16)1-2-10(17)13(11)21-12(8-3-4-18-7-8)14-19-5-6-20-14/h1-2,5-6,8,12,18H,3-4,7H2/t8-,12?/m0/s1. The Bertz CT molecular complexity index is 616. The second kappa shape index (κ2) is 5.99. The van der Waals surface area contributed by atoms with Crippen molar-refractivity contribution >= 4 is 11.6 Å². The van der Waals surface area contributed by atoms with E-state index in [-0.39, 0.29) is 16.7 Å². The quantitative estimate of drug-likeness (QED) is 0.879. The van der Waals surface area contributed by atoms with Crippen molar-refractivity contribution in [3.05, 3.63) is 47.1 Å². The summed E-state index contributed by atoms with van der Waals surface area (Å²) in [5, 5.41) is 2.81. The lowest BCUT2D eigenvalue weighted by Gasteiger charge is -2.22. The highest BCUT2D eigenvalue weighted by atomic mass is 35.5. The molecule has 0 amide bonds. The van der Waals surface area contributed by atoms with E-state index in [1.807, 2.05) is 0 Å². The number of nitrogens with zero attached hydrogens (tertiary/aromatic N) is 1. The van der Waals surface area contributed by atoms with Gasteiger partial charge in [0.15, 0.2) is 17.7 Å². The fourth-order valence-corrected chi connectivity index (χ4v) is 2.60. The number of hydrogen-bond acceptors (Lipinski definition) is 4. The molecule has 7 heteroatoms. The van der Waals surface area contributed by atoms with Crippen LogP contribution in [0.25, 0.3) is 0 Å². The van der Waals surface area contributed by atoms with Gasteiger partial charge in [0.1, 0.15) is 17.1 Å². The van der Waals surface area contributed by atoms with E-state index in [0.717, 1.165) is 25.1 Å². The predicted molar refractivity (Wildman–Crippen MR) is 72.2 cm³/mol. The molecule has 1 saturated heterocycles. The Morgan fingerprint density at radius 3 is 2.86 bits per heavy atom. The molecule has 1 aliphatic heterocycles. The number of ether oxygens (including phenoxy) is 1. The van der Waals surface area contributed by atoms with E-state index in [1.165, 1.54) is 12.5 Å². The number of aromatic nitrogens is 1. The zero-order chi connectivity index (χ0) is 14.8. The molecule has 3 rings (SSSR count). The van der Waals surface area contributed by atoms with Crippen molar-refractivity contribution in [2.24, 2.45) is 5.92 Å². The van der Waals surface area contributed by atoms with Crippen LogP contribution in [0.3, 0.4) is 0 Å². The average molecular weight is 315 g/mol. The van der Waals surface area contributed by atoms with Gasteiger partial charge in [-0.1, -0.05) is 11.6 Å². The maximum absolute atomic E-state index is 13.9. The fraction of sp³-hybridized carbons (Fsp3) is 0.357. The number of halogens is 3. The van der Waals surface area contributed by atoms with Crippen molar-refractivity contribution in [1.82, 2.24) is 10.3 Å². The third kappa shape index (κ3) is 2.87. The summed E-state index contributed by atoms with van der Waals surface area (Å²) in [6, 6.07) is 1.94. The number of oxazole rings is 1. The monoisotopic (exact) mass is 314 g/mol. The van der Waals surface area contributed by atoms with Gasteiger partial charge in [-0.25, -0.2) is 13.8 Å². The van der Waals surface area contributed by atoms with Crippen molar-refractivity contribution in [3.8, 4) is 5.75 Å². The van der Waals surface area contributed by atoms with Gasteiger partial charge in [0.05, 0.1) is 6.20 Å². The lowest BCUT2D eigenvalue weighted by Crippen LogP contribution is -2.22. The maximum Gasteiger partial charge on any atom is 0.235 e. The summed E-state index contributed by atoms with van der Waals surface area (Å²) in [5.74, 6) is -1.40. The first-order valence-electron chi connectivity index (χ1n) is 6.57. The number of benzene rings is 1. The predicted octanol–water partition coefficient (Wildman–Crippen LogP) is 3.34. The topological polar surface area (TPSA) is 47.3 Å². The molecule has 2 aromatic rings. The Kier molecular flexibility index (Phi) is 4.07. The van der Waals surface area contributed by atoms with Crippen molar-refractivity contribution < 1.29 is 17.9 Å². The van der Waals surface area contributed by atoms with Crippen LogP contribution in [0.1, 0.15) is 18.4 Å². The van der Waals surface area contributed by atoms with E-state index >= 15 is 0 Å². The highest BCUT2D eigenvalue weighted by Gasteiger charge is 2.33. The Morgan fingerprint density at radius 1 is 1.38 bits per heavy atom. The first-order chi connectivity index (χ1) is 10.2. The second-order valence-electron chi connectivity index (χ2n) is 4.83. The summed E-state index contributed by atoms with van der Waals surface area (Å²) in [6.45, 7) is 1.51. The minimum Gasteiger partial charge on any atom is -0.476 e. The summed E-state index contributed by atoms with van der Waals surface area (Å²) in [4.78, 5) is 4.06. The minimum absolute atomic E-state index is 0.0439. The fourth-order valence-electron chi connectivity index (χ4n) is 2.40. The first kappa shape index (κ1) is 14.3. The van der Waals surface area contributed by atoms with Gasteiger partial charge in [-0.05, 0) is 25.1 Å². The van der Waals surface area contributed by atoms with Crippen LogP contribution in [-0.4, -0.2) is 18.1 Å². The third-order valence-corrected chi connectivity index (χ3v) is 3.82. The van der Waals surface area contributed by atoms with Crippen LogP contribution in [0.2, 0.25) is 5.02 Å². The highest BCUT2D eigenvalue weighted by molar-refractivity contribution is 6.32. The van der Waals surface area contributed by atoms with Gasteiger partial charge in [0.2, 0.25) is 5.89 Å². The molecule has 2 atom stereocenters. The van der Waals surface area contributed by atoms with Gasteiger partial charge in [-0.2, -0.15) is 0 Å². The van der Waals surface area contributed by atoms with E-state index in [2.05, 4.69) is 10.3 Å². The molecule has 1 fully saturated rings. The van der Waals surface area contributed by atoms with Crippen molar-refractivity contribution in [1.29, 1.82) is 0 Å². The molecule has 1 N–H and O–H groups in total. The van der Waals surface area contributed by atoms with Crippen molar-refractivity contribution in [2.75, 3.05) is 13.1 Å². The molecule has 2 heterocycles. The molecule has 1 unspecified atom stereocenters. The molecule has 0 radical (unpaired) electrons. The van der Waals surface area contributed by atoms with Crippen molar-refractivity contribution in [3.63, 3.8) is 0 Å². The Morgan fingerprint density at radius 2 is 2.19 bits per heavy atom. The molecular formula is C14H13ClF2N2O2. The lowest BCUT2D eigenvalue weighted by atomic mass is 10.0. The Hall–Kier alpha value is -1.66. The van der Waals surface area contributed by atoms with Gasteiger partial charge >= 0.3 is 0 Å². The molecule has 4 nitrogen and oxygen atoms in total. The SMILES string of the molecule is Fc1ccc(F)c(OC(c2ncco2)[C@H]2CCNC2)c1Cl. The van der Waals surface area contributed by atoms with Gasteiger partial charge in [-0.3, -0.25) is 0 Å². The number of nitrogens with one attached hydrogen (secondary N) is 1. The van der Waals surface area contributed by atoms with Crippen LogP contribution in [0.15, 0.2) is 29.0 Å². The number of rotatable bonds is 4. The Labute approximate surface area is 125 Å². The maximum atomic E-state index is 13.9. The highest BCUT2D eigenvalue weighted by Crippen LogP contribution is 2.37. The summed E-state index contributed by atoms with van der Waals surface area (Å²) < 4.78 is 38.3. The minimum atomic E-state index is -0.733. The zero-order valence-electron chi connectivity index (χ0n) is 11.0. The normalized spacial score (nSPS) is 19.7. The Balaban J connectivity index is 1.93. The van der Waals surface area contributed by atoms with Gasteiger partial charge in [-0.15, -0.1) is 0 Å². The molecule has 21 heavy (non-hydrogen) atoms. The third-order valence-electron chi connectivity index (χ3n) is 3.47. The zero-order valence-corrected chi connectivity index (χ0v) is 11.7. The van der Waals surface area contributed by atoms with Gasteiger partial charge in [0, 0.05) is 12.5 Å². The van der Waals surface area contributed by atoms with E-state index < -0.39 is 17.7 Å². The molecule has 0 saturated carbocycles. The molecule has 1 aromatic carbocycles. The van der Waals surface area contributed by atoms with Crippen LogP contribution in [0, 0.1) is 17.6 Å². The average Bonchev–Trinajstić information content (AvgIpc) is 3.16. The second-order valence-corrected chi connectivity index (χ2v) is 5.21. The molecule has 0 spiro atoms. The van der Waals surface area contributed by atoms with Crippen LogP contribution >= 0.6 is 11.6 Å². The summed E-state index contributed by atoms with van der Waals surface area (Å²) in [7, 11) is 0. The van der Waals surface area contributed by atoms with Crippen LogP contribution in [-0.2, 0) is 0 Å². The van der Waals surface area contributed by atoms with E-state index in [9.17, 15) is 8.78 Å². The van der Waals surface area contributed by atoms with Crippen molar-refractivity contribution in [2.45, 2.75) is 12.5 Å². The van der Waals surface area contributed by atoms with E-state index in [0.29, 0.717) is 12.4 Å². The molecular weight excluding hydrogens is 302 g/mol. The smallest absolute Gasteiger partial charge is 0.235 e. The van der Waals surface area contributed by atoms with Crippen LogP contribution in [0.5, 0.6) is 5.75 Å². The molecule has 0 aliphatic carbocycles. The van der Waals surface area contributed by atoms with E-state index in [1.54, 1.807) is 0 Å². The van der Waals surface area contributed by atoms with Crippen LogP contribution < -0.4 is 10.1 Å². The summed E-state index contributed by atoms with van der Waals surface area (Å²) in [6.07, 6.45) is 3.10. The first-order valence-corrected chi connectivity index (χ1v) is 6.95. The lowest BCUT2D eigenvalue weighted by molar-refractivity contribution is 0.109. The summed E-state index contributed by atoms with van der Waals surface area (Å²) in [5.41, 5.74) is 0. The van der Waals surface area contributed by atoms with Crippen LogP contribution in [0.4, 0.5) is 8.78 Å². The summed E-state index contributed by atoms with van der Waals surface area (Å²) >= 11 is 5.80. The molecule has 112 valence electrons. The number of hydrogen-bond donors (Lipinski definition) is 1. The van der Waals surface area contributed by atoms with E-state index in [4.69, 9.17) is 20.8 Å².